The Labute approximate surface area is 177 Å². The van der Waals surface area contributed by atoms with Crippen molar-refractivity contribution < 1.29 is 54.0 Å². The number of rotatable bonds is 13. The van der Waals surface area contributed by atoms with Crippen molar-refractivity contribution >= 4 is 11.9 Å². The molecule has 0 fully saturated rings. The Morgan fingerprint density at radius 1 is 1.15 bits per heavy atom. The molecule has 0 heterocycles. The van der Waals surface area contributed by atoms with Crippen LogP contribution in [0.4, 0.5) is 0 Å². The zero-order valence-electron chi connectivity index (χ0n) is 16.1. The molecule has 1 aromatic carbocycles. The number of hydrogen-bond acceptors (Lipinski definition) is 5. The van der Waals surface area contributed by atoms with Gasteiger partial charge in [0, 0.05) is 0 Å². The summed E-state index contributed by atoms with van der Waals surface area (Å²) in [7, 11) is 1.48. The minimum atomic E-state index is -1.05. The van der Waals surface area contributed by atoms with Gasteiger partial charge in [-0.2, -0.15) is 0 Å². The summed E-state index contributed by atoms with van der Waals surface area (Å²) in [6, 6.07) is 5.09. The third-order valence-corrected chi connectivity index (χ3v) is 3.76. The zero-order valence-corrected chi connectivity index (χ0v) is 18.1. The van der Waals surface area contributed by atoms with Crippen LogP contribution in [0.2, 0.25) is 0 Å². The molecule has 0 aliphatic carbocycles. The van der Waals surface area contributed by atoms with E-state index in [-0.39, 0.29) is 42.0 Å². The van der Waals surface area contributed by atoms with Crippen LogP contribution >= 0.6 is 0 Å². The molecular formula is C19H28NNaO5. The van der Waals surface area contributed by atoms with E-state index < -0.39 is 12.6 Å². The van der Waals surface area contributed by atoms with E-state index in [1.165, 1.54) is 32.8 Å². The molecule has 0 spiro atoms. The van der Waals surface area contributed by atoms with E-state index in [1.54, 1.807) is 18.2 Å². The Morgan fingerprint density at radius 2 is 1.85 bits per heavy atom. The van der Waals surface area contributed by atoms with Crippen LogP contribution in [0.3, 0.4) is 0 Å². The first-order valence-electron chi connectivity index (χ1n) is 8.78. The summed E-state index contributed by atoms with van der Waals surface area (Å²) in [5.74, 6) is -0.355. The quantitative estimate of drug-likeness (QED) is 0.230. The van der Waals surface area contributed by atoms with Gasteiger partial charge in [-0.3, -0.25) is 0 Å². The number of unbranched alkanes of at least 4 members (excludes halogenated alkanes) is 5. The minimum absolute atomic E-state index is 0. The number of benzene rings is 1. The predicted molar refractivity (Wildman–Crippen MR) is 95.3 cm³/mol. The number of aliphatic imine (C=N–C) groups is 1. The van der Waals surface area contributed by atoms with Crippen LogP contribution in [0.25, 0.3) is 0 Å². The molecule has 140 valence electrons. The van der Waals surface area contributed by atoms with E-state index in [4.69, 9.17) is 14.6 Å². The van der Waals surface area contributed by atoms with Crippen molar-refractivity contribution in [2.24, 2.45) is 4.99 Å². The Kier molecular flexibility index (Phi) is 14.2. The van der Waals surface area contributed by atoms with E-state index in [1.807, 2.05) is 0 Å². The van der Waals surface area contributed by atoms with Crippen LogP contribution in [-0.4, -0.2) is 30.7 Å². The summed E-state index contributed by atoms with van der Waals surface area (Å²) in [5.41, 5.74) is 0.816. The van der Waals surface area contributed by atoms with Crippen molar-refractivity contribution in [2.45, 2.75) is 58.4 Å². The van der Waals surface area contributed by atoms with Crippen LogP contribution in [0, 0.1) is 0 Å². The molecule has 1 rings (SSSR count). The van der Waals surface area contributed by atoms with Crippen molar-refractivity contribution in [1.82, 2.24) is 0 Å². The Balaban J connectivity index is 0.00000625. The number of carboxylic acids is 1. The van der Waals surface area contributed by atoms with Crippen molar-refractivity contribution in [1.29, 1.82) is 0 Å². The topological polar surface area (TPSA) is 91.2 Å². The van der Waals surface area contributed by atoms with Gasteiger partial charge in [0.05, 0.1) is 13.7 Å². The molecule has 0 radical (unpaired) electrons. The van der Waals surface area contributed by atoms with Crippen LogP contribution in [-0.2, 0) is 11.3 Å². The van der Waals surface area contributed by atoms with Crippen molar-refractivity contribution in [3.63, 3.8) is 0 Å². The van der Waals surface area contributed by atoms with Gasteiger partial charge in [0.25, 0.3) is 0 Å². The fraction of sp³-hybridized carbons (Fsp3) is 0.579. The summed E-state index contributed by atoms with van der Waals surface area (Å²) in [4.78, 5) is 14.6. The normalized spacial score (nSPS) is 10.9. The first kappa shape index (κ1) is 24.8. The molecule has 0 unspecified atom stereocenters. The van der Waals surface area contributed by atoms with Gasteiger partial charge in [-0.25, -0.2) is 4.79 Å². The standard InChI is InChI=1S/C19H29NO5.Na/c1-3-4-5-6-7-8-9-18(21)20-13-15-10-11-16(17(12-15)24-2)25-14-19(22)23;/h10-12H,3-9,13-14H2,1-2H3,(H,20,21)(H,22,23);/q;+1/p-1. The van der Waals surface area contributed by atoms with Gasteiger partial charge in [-0.05, 0) is 36.4 Å². The van der Waals surface area contributed by atoms with Gasteiger partial charge in [-0.15, -0.1) is 0 Å². The third kappa shape index (κ3) is 10.7. The average Bonchev–Trinajstić information content (AvgIpc) is 2.61. The summed E-state index contributed by atoms with van der Waals surface area (Å²) >= 11 is 0. The maximum atomic E-state index is 11.8. The van der Waals surface area contributed by atoms with Crippen molar-refractivity contribution in [2.75, 3.05) is 13.7 Å². The number of ether oxygens (including phenoxy) is 2. The monoisotopic (exact) mass is 373 g/mol. The third-order valence-electron chi connectivity index (χ3n) is 3.76. The molecule has 0 atom stereocenters. The second-order valence-corrected chi connectivity index (χ2v) is 5.90. The summed E-state index contributed by atoms with van der Waals surface area (Å²) in [6.07, 6.45) is 7.34. The molecule has 0 aromatic heterocycles. The molecule has 0 aliphatic heterocycles. The molecule has 7 heteroatoms. The van der Waals surface area contributed by atoms with E-state index in [2.05, 4.69) is 11.9 Å². The molecule has 6 nitrogen and oxygen atoms in total. The molecule has 0 bridgehead atoms. The maximum absolute atomic E-state index is 11.8. The second kappa shape index (κ2) is 14.9. The fourth-order valence-corrected chi connectivity index (χ4v) is 2.38. The van der Waals surface area contributed by atoms with Crippen molar-refractivity contribution in [3.8, 4) is 11.5 Å². The number of aliphatic carboxylic acids is 1. The van der Waals surface area contributed by atoms with Gasteiger partial charge in [-0.1, -0.05) is 45.1 Å². The number of methoxy groups -OCH3 is 1. The van der Waals surface area contributed by atoms with Crippen LogP contribution in [0.5, 0.6) is 11.5 Å². The number of hydrogen-bond donors (Lipinski definition) is 1. The van der Waals surface area contributed by atoms with Crippen LogP contribution in [0.15, 0.2) is 23.2 Å². The fourth-order valence-electron chi connectivity index (χ4n) is 2.38. The van der Waals surface area contributed by atoms with Crippen LogP contribution < -0.4 is 44.1 Å². The first-order valence-corrected chi connectivity index (χ1v) is 8.78. The number of carboxylic acid groups (broad SMARTS) is 1. The van der Waals surface area contributed by atoms with Gasteiger partial charge in [0.2, 0.25) is 0 Å². The van der Waals surface area contributed by atoms with Gasteiger partial charge < -0.3 is 24.7 Å². The summed E-state index contributed by atoms with van der Waals surface area (Å²) in [5, 5.41) is 20.5. The largest absolute Gasteiger partial charge is 1.00 e. The Hall–Kier alpha value is -1.24. The molecular weight excluding hydrogens is 345 g/mol. The predicted octanol–water partition coefficient (Wildman–Crippen LogP) is 0.172. The van der Waals surface area contributed by atoms with E-state index in [0.29, 0.717) is 17.9 Å². The average molecular weight is 373 g/mol. The van der Waals surface area contributed by atoms with Crippen molar-refractivity contribution in [3.05, 3.63) is 23.8 Å². The molecule has 1 N–H and O–H groups in total. The SMILES string of the molecule is CCCCCCCCC([O-])=NCc1ccc(OCC(=O)O)c(OC)c1.[Na+]. The molecule has 0 amide bonds. The van der Waals surface area contributed by atoms with E-state index in [0.717, 1.165) is 18.4 Å². The Bertz CT molecular complexity index is 563. The molecule has 26 heavy (non-hydrogen) atoms. The minimum Gasteiger partial charge on any atom is -0.862 e. The molecule has 0 saturated carbocycles. The summed E-state index contributed by atoms with van der Waals surface area (Å²) < 4.78 is 10.3. The van der Waals surface area contributed by atoms with Gasteiger partial charge in [0.1, 0.15) is 0 Å². The maximum Gasteiger partial charge on any atom is 1.00 e. The first-order chi connectivity index (χ1) is 12.1. The molecule has 1 aromatic rings. The number of carbonyl (C=O) groups is 1. The Morgan fingerprint density at radius 3 is 2.50 bits per heavy atom. The second-order valence-electron chi connectivity index (χ2n) is 5.90. The molecule has 0 aliphatic rings. The van der Waals surface area contributed by atoms with E-state index in [9.17, 15) is 9.90 Å². The van der Waals surface area contributed by atoms with Crippen LogP contribution in [0.1, 0.15) is 57.4 Å². The smallest absolute Gasteiger partial charge is 0.862 e. The summed E-state index contributed by atoms with van der Waals surface area (Å²) in [6.45, 7) is 2.03. The molecule has 0 saturated heterocycles. The van der Waals surface area contributed by atoms with E-state index >= 15 is 0 Å². The van der Waals surface area contributed by atoms with Gasteiger partial charge >= 0.3 is 35.5 Å². The van der Waals surface area contributed by atoms with Gasteiger partial charge in [0.15, 0.2) is 18.1 Å². The zero-order chi connectivity index (χ0) is 18.5. The number of nitrogens with zero attached hydrogens (tertiary/aromatic N) is 1.